The molecule has 1 aromatic heterocycles. The van der Waals surface area contributed by atoms with E-state index in [1.807, 2.05) is 30.3 Å². The first-order valence-electron chi connectivity index (χ1n) is 10.5. The van der Waals surface area contributed by atoms with Gasteiger partial charge in [-0.2, -0.15) is 0 Å². The van der Waals surface area contributed by atoms with Crippen LogP contribution < -0.4 is 20.7 Å². The van der Waals surface area contributed by atoms with Gasteiger partial charge in [-0.3, -0.25) is 4.79 Å². The van der Waals surface area contributed by atoms with Crippen molar-refractivity contribution in [2.75, 3.05) is 30.8 Å². The number of carbonyl (C=O) groups excluding carboxylic acids is 1. The van der Waals surface area contributed by atoms with Crippen molar-refractivity contribution in [2.24, 2.45) is 0 Å². The minimum atomic E-state index is -0.154. The van der Waals surface area contributed by atoms with Crippen molar-refractivity contribution in [3.63, 3.8) is 0 Å². The molecule has 3 aromatic rings. The first-order chi connectivity index (χ1) is 15.1. The monoisotopic (exact) mass is 417 g/mol. The molecule has 1 atom stereocenters. The molecule has 1 amide bonds. The van der Waals surface area contributed by atoms with Crippen LogP contribution >= 0.6 is 0 Å². The summed E-state index contributed by atoms with van der Waals surface area (Å²) < 4.78 is 5.51. The number of nitrogens with one attached hydrogen (secondary N) is 3. The molecule has 31 heavy (non-hydrogen) atoms. The molecule has 7 nitrogen and oxygen atoms in total. The molecule has 2 aromatic carbocycles. The normalized spacial score (nSPS) is 14.7. The van der Waals surface area contributed by atoms with Gasteiger partial charge in [-0.05, 0) is 44.5 Å². The largest absolute Gasteiger partial charge is 0.494 e. The van der Waals surface area contributed by atoms with Crippen molar-refractivity contribution in [1.82, 2.24) is 15.3 Å². The van der Waals surface area contributed by atoms with Crippen LogP contribution in [0, 0.1) is 0 Å². The number of ether oxygens (including phenoxy) is 1. The number of piperidine rings is 1. The summed E-state index contributed by atoms with van der Waals surface area (Å²) in [5.41, 5.74) is 3.64. The van der Waals surface area contributed by atoms with Crippen LogP contribution in [0.4, 0.5) is 11.5 Å². The van der Waals surface area contributed by atoms with Gasteiger partial charge in [0.05, 0.1) is 18.3 Å². The maximum absolute atomic E-state index is 12.6. The van der Waals surface area contributed by atoms with Crippen molar-refractivity contribution in [2.45, 2.75) is 25.8 Å². The van der Waals surface area contributed by atoms with E-state index in [0.717, 1.165) is 48.0 Å². The molecule has 1 fully saturated rings. The zero-order valence-corrected chi connectivity index (χ0v) is 17.8. The molecule has 2 heterocycles. The van der Waals surface area contributed by atoms with Crippen LogP contribution in [-0.4, -0.2) is 36.1 Å². The predicted molar refractivity (Wildman–Crippen MR) is 123 cm³/mol. The summed E-state index contributed by atoms with van der Waals surface area (Å²) in [7, 11) is 1.58. The van der Waals surface area contributed by atoms with Crippen molar-refractivity contribution >= 4 is 28.3 Å². The second-order valence-electron chi connectivity index (χ2n) is 7.61. The lowest BCUT2D eigenvalue weighted by molar-refractivity contribution is -0.112. The first kappa shape index (κ1) is 20.8. The van der Waals surface area contributed by atoms with E-state index in [1.54, 1.807) is 13.2 Å². The zero-order valence-electron chi connectivity index (χ0n) is 17.8. The third-order valence-electron chi connectivity index (χ3n) is 5.45. The number of aromatic nitrogens is 2. The summed E-state index contributed by atoms with van der Waals surface area (Å²) in [5.74, 6) is 1.11. The molecule has 0 spiro atoms. The van der Waals surface area contributed by atoms with Crippen LogP contribution in [0.2, 0.25) is 0 Å². The number of fused-ring (bicyclic) bond motifs is 1. The second-order valence-corrected chi connectivity index (χ2v) is 7.61. The highest BCUT2D eigenvalue weighted by molar-refractivity contribution is 6.03. The van der Waals surface area contributed by atoms with Crippen LogP contribution in [0.15, 0.2) is 60.4 Å². The van der Waals surface area contributed by atoms with E-state index in [0.29, 0.717) is 17.3 Å². The van der Waals surface area contributed by atoms with Crippen molar-refractivity contribution in [3.8, 4) is 5.75 Å². The Kier molecular flexibility index (Phi) is 6.43. The summed E-state index contributed by atoms with van der Waals surface area (Å²) in [5, 5.41) is 10.5. The minimum absolute atomic E-state index is 0.0593. The molecule has 3 N–H and O–H groups in total. The van der Waals surface area contributed by atoms with Gasteiger partial charge in [0.15, 0.2) is 0 Å². The third kappa shape index (κ3) is 5.00. The van der Waals surface area contributed by atoms with Crippen LogP contribution in [0.1, 0.15) is 31.4 Å². The van der Waals surface area contributed by atoms with Crippen molar-refractivity contribution < 1.29 is 9.53 Å². The smallest absolute Gasteiger partial charge is 0.248 e. The van der Waals surface area contributed by atoms with Gasteiger partial charge in [0.25, 0.3) is 0 Å². The van der Waals surface area contributed by atoms with Crippen molar-refractivity contribution in [1.29, 1.82) is 0 Å². The van der Waals surface area contributed by atoms with Gasteiger partial charge >= 0.3 is 0 Å². The fourth-order valence-corrected chi connectivity index (χ4v) is 3.74. The summed E-state index contributed by atoms with van der Waals surface area (Å²) >= 11 is 0. The molecule has 0 radical (unpaired) electrons. The lowest BCUT2D eigenvalue weighted by Crippen LogP contribution is -2.24. The molecule has 7 heteroatoms. The number of hydrogen-bond donors (Lipinski definition) is 3. The molecule has 1 unspecified atom stereocenters. The predicted octanol–water partition coefficient (Wildman–Crippen LogP) is 4.06. The molecule has 4 rings (SSSR count). The van der Waals surface area contributed by atoms with Crippen molar-refractivity contribution in [3.05, 3.63) is 66.0 Å². The molecule has 0 aliphatic carbocycles. The summed E-state index contributed by atoms with van der Waals surface area (Å²) in [4.78, 5) is 21.5. The highest BCUT2D eigenvalue weighted by Gasteiger charge is 2.15. The van der Waals surface area contributed by atoms with Gasteiger partial charge in [0.1, 0.15) is 17.9 Å². The fourth-order valence-electron chi connectivity index (χ4n) is 3.74. The molecule has 1 aliphatic rings. The topological polar surface area (TPSA) is 88.2 Å². The van der Waals surface area contributed by atoms with E-state index in [1.165, 1.54) is 6.33 Å². The van der Waals surface area contributed by atoms with E-state index >= 15 is 0 Å². The maximum Gasteiger partial charge on any atom is 0.248 e. The molecule has 160 valence electrons. The van der Waals surface area contributed by atoms with E-state index in [4.69, 9.17) is 4.74 Å². The van der Waals surface area contributed by atoms with Gasteiger partial charge in [-0.25, -0.2) is 9.97 Å². The molecular formula is C24H27N5O2. The third-order valence-corrected chi connectivity index (χ3v) is 5.45. The Labute approximate surface area is 181 Å². The molecular weight excluding hydrogens is 390 g/mol. The lowest BCUT2D eigenvalue weighted by atomic mass is 10.1. The zero-order chi connectivity index (χ0) is 21.6. The van der Waals surface area contributed by atoms with E-state index in [-0.39, 0.29) is 11.9 Å². The number of amides is 1. The number of carbonyl (C=O) groups is 1. The Morgan fingerprint density at radius 3 is 2.68 bits per heavy atom. The van der Waals surface area contributed by atoms with Gasteiger partial charge in [0, 0.05) is 23.6 Å². The Morgan fingerprint density at radius 1 is 1.16 bits per heavy atom. The average Bonchev–Trinajstić information content (AvgIpc) is 2.80. The van der Waals surface area contributed by atoms with E-state index in [9.17, 15) is 4.79 Å². The van der Waals surface area contributed by atoms with Crippen LogP contribution in [-0.2, 0) is 4.79 Å². The molecule has 0 saturated carbocycles. The van der Waals surface area contributed by atoms with Crippen LogP contribution in [0.25, 0.3) is 10.9 Å². The highest BCUT2D eigenvalue weighted by atomic mass is 16.5. The molecule has 0 bridgehead atoms. The number of anilines is 2. The van der Waals surface area contributed by atoms with E-state index < -0.39 is 0 Å². The van der Waals surface area contributed by atoms with Gasteiger partial charge in [-0.15, -0.1) is 0 Å². The lowest BCUT2D eigenvalue weighted by Gasteiger charge is -2.18. The fraction of sp³-hybridized carbons (Fsp3) is 0.292. The highest BCUT2D eigenvalue weighted by Crippen LogP contribution is 2.33. The summed E-state index contributed by atoms with van der Waals surface area (Å²) in [6.07, 6.45) is 5.01. The Hall–Kier alpha value is -3.45. The molecule has 1 aliphatic heterocycles. The van der Waals surface area contributed by atoms with Crippen LogP contribution in [0.5, 0.6) is 5.75 Å². The molecule has 1 saturated heterocycles. The SMILES string of the molecule is COc1cc2ncnc(NC(C)c3ccccc3)c2cc1NC(=O)C=C1CCNCC1. The number of rotatable bonds is 6. The summed E-state index contributed by atoms with van der Waals surface area (Å²) in [6.45, 7) is 3.90. The maximum atomic E-state index is 12.6. The quantitative estimate of drug-likeness (QED) is 0.524. The number of methoxy groups -OCH3 is 1. The number of hydrogen-bond acceptors (Lipinski definition) is 6. The van der Waals surface area contributed by atoms with Crippen LogP contribution in [0.3, 0.4) is 0 Å². The second kappa shape index (κ2) is 9.57. The van der Waals surface area contributed by atoms with Gasteiger partial charge in [-0.1, -0.05) is 35.9 Å². The minimum Gasteiger partial charge on any atom is -0.494 e. The van der Waals surface area contributed by atoms with Gasteiger partial charge in [0.2, 0.25) is 5.91 Å². The standard InChI is InChI=1S/C24H27N5O2/c1-16(18-6-4-3-5-7-18)28-24-19-13-21(22(31-2)14-20(19)26-15-27-24)29-23(30)12-17-8-10-25-11-9-17/h3-7,12-16,25H,8-11H2,1-2H3,(H,29,30)(H,26,27,28). The summed E-state index contributed by atoms with van der Waals surface area (Å²) in [6, 6.07) is 13.9. The van der Waals surface area contributed by atoms with Gasteiger partial charge < -0.3 is 20.7 Å². The van der Waals surface area contributed by atoms with E-state index in [2.05, 4.69) is 45.0 Å². The Balaban J connectivity index is 1.63. The Bertz CT molecular complexity index is 1090. The average molecular weight is 418 g/mol. The Morgan fingerprint density at radius 2 is 1.94 bits per heavy atom. The first-order valence-corrected chi connectivity index (χ1v) is 10.5. The number of benzene rings is 2. The number of nitrogens with zero attached hydrogens (tertiary/aromatic N) is 2.